The molecular formula is C19H20N2O6. The van der Waals surface area contributed by atoms with E-state index in [1.807, 2.05) is 13.0 Å². The number of carbonyl (C=O) groups is 2. The Bertz CT molecular complexity index is 852. The molecule has 0 saturated heterocycles. The summed E-state index contributed by atoms with van der Waals surface area (Å²) in [6, 6.07) is 12.9. The minimum Gasteiger partial charge on any atom is -0.479 e. The Morgan fingerprint density at radius 3 is 2.44 bits per heavy atom. The van der Waals surface area contributed by atoms with Gasteiger partial charge in [-0.3, -0.25) is 14.9 Å². The maximum atomic E-state index is 12.2. The van der Waals surface area contributed by atoms with E-state index >= 15 is 0 Å². The third-order valence-corrected chi connectivity index (χ3v) is 3.66. The predicted molar refractivity (Wildman–Crippen MR) is 98.5 cm³/mol. The van der Waals surface area contributed by atoms with Crippen LogP contribution >= 0.6 is 0 Å². The second-order valence-electron chi connectivity index (χ2n) is 5.92. The van der Waals surface area contributed by atoms with Gasteiger partial charge in [0.2, 0.25) is 0 Å². The second kappa shape index (κ2) is 8.79. The topological polar surface area (TPSA) is 108 Å². The number of nitrogens with zero attached hydrogens (tertiary/aromatic N) is 1. The molecule has 0 saturated carbocycles. The first-order valence-corrected chi connectivity index (χ1v) is 8.26. The van der Waals surface area contributed by atoms with Crippen LogP contribution in [-0.2, 0) is 14.3 Å². The number of carbonyl (C=O) groups excluding carboxylic acids is 2. The van der Waals surface area contributed by atoms with E-state index in [4.69, 9.17) is 9.47 Å². The van der Waals surface area contributed by atoms with E-state index in [2.05, 4.69) is 5.32 Å². The SMILES string of the molecule is Cc1cccc(O[C@H](C)C(=O)O[C@@H](C)C(=O)Nc2ccccc2[N+](=O)[O-])c1. The molecule has 0 unspecified atom stereocenters. The molecule has 1 N–H and O–H groups in total. The van der Waals surface area contributed by atoms with Gasteiger partial charge in [-0.15, -0.1) is 0 Å². The minimum absolute atomic E-state index is 0.0273. The highest BCUT2D eigenvalue weighted by molar-refractivity contribution is 5.97. The number of amides is 1. The lowest BCUT2D eigenvalue weighted by Crippen LogP contribution is -2.35. The van der Waals surface area contributed by atoms with Crippen LogP contribution in [0.1, 0.15) is 19.4 Å². The molecule has 2 aromatic rings. The van der Waals surface area contributed by atoms with Crippen molar-refractivity contribution in [2.75, 3.05) is 5.32 Å². The molecule has 0 spiro atoms. The van der Waals surface area contributed by atoms with Crippen molar-refractivity contribution >= 4 is 23.3 Å². The summed E-state index contributed by atoms with van der Waals surface area (Å²) in [6.45, 7) is 4.78. The normalized spacial score (nSPS) is 12.6. The maximum absolute atomic E-state index is 12.2. The fourth-order valence-corrected chi connectivity index (χ4v) is 2.24. The van der Waals surface area contributed by atoms with E-state index in [1.54, 1.807) is 24.3 Å². The summed E-state index contributed by atoms with van der Waals surface area (Å²) in [7, 11) is 0. The van der Waals surface area contributed by atoms with E-state index in [1.165, 1.54) is 32.0 Å². The summed E-state index contributed by atoms with van der Waals surface area (Å²) in [5.41, 5.74) is 0.755. The molecule has 2 atom stereocenters. The van der Waals surface area contributed by atoms with Crippen molar-refractivity contribution in [2.45, 2.75) is 33.0 Å². The van der Waals surface area contributed by atoms with Gasteiger partial charge in [0.1, 0.15) is 11.4 Å². The Morgan fingerprint density at radius 2 is 1.78 bits per heavy atom. The van der Waals surface area contributed by atoms with Crippen molar-refractivity contribution in [2.24, 2.45) is 0 Å². The molecule has 2 rings (SSSR count). The van der Waals surface area contributed by atoms with Gasteiger partial charge in [-0.05, 0) is 44.5 Å². The van der Waals surface area contributed by atoms with Crippen LogP contribution in [0.25, 0.3) is 0 Å². The number of aryl methyl sites for hydroxylation is 1. The second-order valence-corrected chi connectivity index (χ2v) is 5.92. The monoisotopic (exact) mass is 372 g/mol. The van der Waals surface area contributed by atoms with Crippen LogP contribution in [0.3, 0.4) is 0 Å². The standard InChI is InChI=1S/C19H20N2O6/c1-12-7-6-8-15(11-12)26-14(3)19(23)27-13(2)18(22)20-16-9-4-5-10-17(16)21(24)25/h4-11,13-14H,1-3H3,(H,20,22)/t13-,14+/m0/s1. The van der Waals surface area contributed by atoms with Crippen LogP contribution in [-0.4, -0.2) is 29.0 Å². The van der Waals surface area contributed by atoms with Crippen LogP contribution in [0, 0.1) is 17.0 Å². The van der Waals surface area contributed by atoms with E-state index in [0.29, 0.717) is 5.75 Å². The van der Waals surface area contributed by atoms with E-state index in [9.17, 15) is 19.7 Å². The maximum Gasteiger partial charge on any atom is 0.347 e. The largest absolute Gasteiger partial charge is 0.479 e. The first-order valence-electron chi connectivity index (χ1n) is 8.26. The third-order valence-electron chi connectivity index (χ3n) is 3.66. The molecule has 0 aromatic heterocycles. The third kappa shape index (κ3) is 5.53. The summed E-state index contributed by atoms with van der Waals surface area (Å²) in [5.74, 6) is -0.890. The number of benzene rings is 2. The van der Waals surface area contributed by atoms with E-state index in [-0.39, 0.29) is 11.4 Å². The van der Waals surface area contributed by atoms with Crippen LogP contribution in [0.4, 0.5) is 11.4 Å². The number of nitrogens with one attached hydrogen (secondary N) is 1. The zero-order chi connectivity index (χ0) is 20.0. The number of hydrogen-bond acceptors (Lipinski definition) is 6. The fraction of sp³-hybridized carbons (Fsp3) is 0.263. The highest BCUT2D eigenvalue weighted by Crippen LogP contribution is 2.23. The molecule has 8 nitrogen and oxygen atoms in total. The zero-order valence-corrected chi connectivity index (χ0v) is 15.2. The summed E-state index contributed by atoms with van der Waals surface area (Å²) in [6.07, 6.45) is -2.08. The molecule has 0 radical (unpaired) electrons. The van der Waals surface area contributed by atoms with Gasteiger partial charge in [0.05, 0.1) is 4.92 Å². The van der Waals surface area contributed by atoms with Crippen molar-refractivity contribution in [1.82, 2.24) is 0 Å². The molecule has 0 heterocycles. The predicted octanol–water partition coefficient (Wildman–Crippen LogP) is 3.24. The molecule has 142 valence electrons. The molecule has 0 bridgehead atoms. The van der Waals surface area contributed by atoms with Crippen molar-refractivity contribution in [3.05, 3.63) is 64.2 Å². The van der Waals surface area contributed by atoms with Crippen molar-refractivity contribution < 1.29 is 24.0 Å². The Morgan fingerprint density at radius 1 is 1.07 bits per heavy atom. The Hall–Kier alpha value is -3.42. The zero-order valence-electron chi connectivity index (χ0n) is 15.2. The smallest absolute Gasteiger partial charge is 0.347 e. The van der Waals surface area contributed by atoms with Gasteiger partial charge in [0.15, 0.2) is 12.2 Å². The summed E-state index contributed by atoms with van der Waals surface area (Å²) < 4.78 is 10.6. The molecule has 0 aliphatic heterocycles. The van der Waals surface area contributed by atoms with Gasteiger partial charge in [-0.25, -0.2) is 4.79 Å². The highest BCUT2D eigenvalue weighted by atomic mass is 16.6. The van der Waals surface area contributed by atoms with Gasteiger partial charge < -0.3 is 14.8 Å². The quantitative estimate of drug-likeness (QED) is 0.454. The number of nitro groups is 1. The van der Waals surface area contributed by atoms with Gasteiger partial charge >= 0.3 is 5.97 Å². The van der Waals surface area contributed by atoms with Crippen LogP contribution < -0.4 is 10.1 Å². The molecule has 0 fully saturated rings. The van der Waals surface area contributed by atoms with E-state index < -0.39 is 29.0 Å². The molecule has 1 amide bonds. The molecule has 2 aromatic carbocycles. The van der Waals surface area contributed by atoms with Crippen LogP contribution in [0.2, 0.25) is 0 Å². The summed E-state index contributed by atoms with van der Waals surface area (Å²) >= 11 is 0. The molecular weight excluding hydrogens is 352 g/mol. The van der Waals surface area contributed by atoms with Crippen molar-refractivity contribution in [3.63, 3.8) is 0 Å². The van der Waals surface area contributed by atoms with Gasteiger partial charge in [-0.1, -0.05) is 24.3 Å². The van der Waals surface area contributed by atoms with Gasteiger partial charge in [0, 0.05) is 6.07 Å². The number of hydrogen-bond donors (Lipinski definition) is 1. The lowest BCUT2D eigenvalue weighted by molar-refractivity contribution is -0.383. The number of rotatable bonds is 7. The van der Waals surface area contributed by atoms with Crippen molar-refractivity contribution in [3.8, 4) is 5.75 Å². The average Bonchev–Trinajstić information content (AvgIpc) is 2.61. The number of esters is 1. The first-order chi connectivity index (χ1) is 12.8. The van der Waals surface area contributed by atoms with Gasteiger partial charge in [-0.2, -0.15) is 0 Å². The molecule has 0 aliphatic rings. The van der Waals surface area contributed by atoms with E-state index in [0.717, 1.165) is 5.56 Å². The lowest BCUT2D eigenvalue weighted by atomic mass is 10.2. The summed E-state index contributed by atoms with van der Waals surface area (Å²) in [5, 5.41) is 13.4. The Kier molecular flexibility index (Phi) is 6.48. The van der Waals surface area contributed by atoms with Crippen LogP contribution in [0.15, 0.2) is 48.5 Å². The highest BCUT2D eigenvalue weighted by Gasteiger charge is 2.25. The lowest BCUT2D eigenvalue weighted by Gasteiger charge is -2.18. The Labute approximate surface area is 156 Å². The summed E-state index contributed by atoms with van der Waals surface area (Å²) in [4.78, 5) is 34.7. The fourth-order valence-electron chi connectivity index (χ4n) is 2.24. The van der Waals surface area contributed by atoms with Gasteiger partial charge in [0.25, 0.3) is 11.6 Å². The number of anilines is 1. The molecule has 0 aliphatic carbocycles. The Balaban J connectivity index is 1.95. The number of ether oxygens (including phenoxy) is 2. The molecule has 27 heavy (non-hydrogen) atoms. The molecule has 8 heteroatoms. The minimum atomic E-state index is -1.15. The number of nitro benzene ring substituents is 1. The first kappa shape index (κ1) is 19.9. The van der Waals surface area contributed by atoms with Crippen LogP contribution in [0.5, 0.6) is 5.75 Å². The van der Waals surface area contributed by atoms with Crippen molar-refractivity contribution in [1.29, 1.82) is 0 Å². The average molecular weight is 372 g/mol. The number of para-hydroxylation sites is 2.